The molecule has 3 nitrogen and oxygen atoms in total. The average Bonchev–Trinajstić information content (AvgIpc) is 2.40. The number of halogens is 3. The molecule has 0 radical (unpaired) electrons. The van der Waals surface area contributed by atoms with Crippen LogP contribution in [0.1, 0.15) is 11.3 Å². The third-order valence-corrected chi connectivity index (χ3v) is 3.33. The number of aromatic nitrogens is 1. The molecule has 7 heteroatoms. The van der Waals surface area contributed by atoms with Gasteiger partial charge in [0.25, 0.3) is 0 Å². The minimum atomic E-state index is -4.56. The predicted molar refractivity (Wildman–Crippen MR) is 66.2 cm³/mol. The van der Waals surface area contributed by atoms with Crippen molar-refractivity contribution in [3.05, 3.63) is 47.7 Å². The highest BCUT2D eigenvalue weighted by molar-refractivity contribution is 7.99. The molecule has 0 amide bonds. The lowest BCUT2D eigenvalue weighted by Gasteiger charge is -2.09. The molecular formula is C13H7F3N2OS. The van der Waals surface area contributed by atoms with E-state index >= 15 is 0 Å². The molecule has 0 bridgehead atoms. The van der Waals surface area contributed by atoms with E-state index in [0.29, 0.717) is 4.90 Å². The molecule has 0 fully saturated rings. The van der Waals surface area contributed by atoms with Gasteiger partial charge in [0.2, 0.25) is 0 Å². The van der Waals surface area contributed by atoms with E-state index in [-0.39, 0.29) is 16.3 Å². The van der Waals surface area contributed by atoms with Gasteiger partial charge in [-0.15, -0.1) is 0 Å². The van der Waals surface area contributed by atoms with Gasteiger partial charge in [-0.25, -0.2) is 4.98 Å². The molecule has 0 aliphatic heterocycles. The topological polar surface area (TPSA) is 56.9 Å². The standard InChI is InChI=1S/C13H7F3N2OS/c14-13(15,16)11-6-1-8(7-17)12(18-11)20-10-4-2-9(19)3-5-10/h1-6,19H. The van der Waals surface area contributed by atoms with Gasteiger partial charge in [0.1, 0.15) is 22.5 Å². The van der Waals surface area contributed by atoms with Crippen LogP contribution in [0.25, 0.3) is 0 Å². The number of pyridine rings is 1. The van der Waals surface area contributed by atoms with Crippen molar-refractivity contribution in [2.45, 2.75) is 16.1 Å². The van der Waals surface area contributed by atoms with Crippen molar-refractivity contribution in [3.63, 3.8) is 0 Å². The Bertz CT molecular complexity index is 663. The van der Waals surface area contributed by atoms with Crippen molar-refractivity contribution in [1.82, 2.24) is 4.98 Å². The molecule has 0 aliphatic rings. The monoisotopic (exact) mass is 296 g/mol. The number of hydrogen-bond acceptors (Lipinski definition) is 4. The molecule has 20 heavy (non-hydrogen) atoms. The Balaban J connectivity index is 2.39. The van der Waals surface area contributed by atoms with Crippen molar-refractivity contribution in [2.75, 3.05) is 0 Å². The van der Waals surface area contributed by atoms with Crippen LogP contribution >= 0.6 is 11.8 Å². The Morgan fingerprint density at radius 3 is 2.30 bits per heavy atom. The summed E-state index contributed by atoms with van der Waals surface area (Å²) < 4.78 is 37.8. The first-order valence-electron chi connectivity index (χ1n) is 5.35. The van der Waals surface area contributed by atoms with Crippen LogP contribution in [0.4, 0.5) is 13.2 Å². The molecule has 0 aliphatic carbocycles. The fourth-order valence-electron chi connectivity index (χ4n) is 1.39. The zero-order valence-corrected chi connectivity index (χ0v) is 10.7. The number of phenolic OH excluding ortho intramolecular Hbond substituents is 1. The van der Waals surface area contributed by atoms with Gasteiger partial charge in [0.15, 0.2) is 0 Å². The second-order valence-corrected chi connectivity index (χ2v) is 4.82. The highest BCUT2D eigenvalue weighted by Gasteiger charge is 2.33. The first-order valence-corrected chi connectivity index (χ1v) is 6.17. The van der Waals surface area contributed by atoms with Crippen molar-refractivity contribution in [3.8, 4) is 11.8 Å². The lowest BCUT2D eigenvalue weighted by Crippen LogP contribution is -2.08. The van der Waals surface area contributed by atoms with E-state index in [9.17, 15) is 13.2 Å². The van der Waals surface area contributed by atoms with Crippen LogP contribution in [-0.4, -0.2) is 10.1 Å². The van der Waals surface area contributed by atoms with Crippen molar-refractivity contribution >= 4 is 11.8 Å². The normalized spacial score (nSPS) is 11.1. The molecule has 0 spiro atoms. The van der Waals surface area contributed by atoms with Crippen molar-refractivity contribution in [2.24, 2.45) is 0 Å². The second-order valence-electron chi connectivity index (χ2n) is 3.75. The number of nitriles is 1. The van der Waals surface area contributed by atoms with E-state index in [1.54, 1.807) is 6.07 Å². The summed E-state index contributed by atoms with van der Waals surface area (Å²) >= 11 is 0.933. The Labute approximate surface area is 116 Å². The van der Waals surface area contributed by atoms with Gasteiger partial charge in [0.05, 0.1) is 5.56 Å². The van der Waals surface area contributed by atoms with Crippen LogP contribution in [-0.2, 0) is 6.18 Å². The van der Waals surface area contributed by atoms with E-state index in [1.807, 2.05) is 0 Å². The van der Waals surface area contributed by atoms with E-state index in [1.165, 1.54) is 24.3 Å². The summed E-state index contributed by atoms with van der Waals surface area (Å²) in [5.41, 5.74) is -0.978. The summed E-state index contributed by atoms with van der Waals surface area (Å²) in [6.45, 7) is 0. The van der Waals surface area contributed by atoms with Crippen molar-refractivity contribution < 1.29 is 18.3 Å². The van der Waals surface area contributed by atoms with E-state index in [4.69, 9.17) is 10.4 Å². The molecule has 0 atom stereocenters. The largest absolute Gasteiger partial charge is 0.508 e. The lowest BCUT2D eigenvalue weighted by molar-refractivity contribution is -0.141. The summed E-state index contributed by atoms with van der Waals surface area (Å²) in [7, 11) is 0. The predicted octanol–water partition coefficient (Wildman–Crippen LogP) is 3.83. The smallest absolute Gasteiger partial charge is 0.433 e. The van der Waals surface area contributed by atoms with E-state index < -0.39 is 11.9 Å². The maximum Gasteiger partial charge on any atom is 0.433 e. The minimum Gasteiger partial charge on any atom is -0.508 e. The molecule has 2 rings (SSSR count). The quantitative estimate of drug-likeness (QED) is 0.915. The molecule has 1 heterocycles. The summed E-state index contributed by atoms with van der Waals surface area (Å²) in [5.74, 6) is 0.0480. The first kappa shape index (κ1) is 14.2. The third kappa shape index (κ3) is 3.22. The molecular weight excluding hydrogens is 289 g/mol. The number of alkyl halides is 3. The maximum absolute atomic E-state index is 12.6. The molecule has 0 saturated heterocycles. The van der Waals surface area contributed by atoms with Gasteiger partial charge >= 0.3 is 6.18 Å². The number of benzene rings is 1. The van der Waals surface area contributed by atoms with Gasteiger partial charge in [-0.3, -0.25) is 0 Å². The van der Waals surface area contributed by atoms with Crippen LogP contribution in [0.15, 0.2) is 46.3 Å². The lowest BCUT2D eigenvalue weighted by atomic mass is 10.2. The number of rotatable bonds is 2. The van der Waals surface area contributed by atoms with Gasteiger partial charge in [-0.2, -0.15) is 18.4 Å². The van der Waals surface area contributed by atoms with Crippen LogP contribution in [0.5, 0.6) is 5.75 Å². The fraction of sp³-hybridized carbons (Fsp3) is 0.0769. The van der Waals surface area contributed by atoms with E-state index in [2.05, 4.69) is 4.98 Å². The molecule has 1 aromatic heterocycles. The number of hydrogen-bond donors (Lipinski definition) is 1. The zero-order chi connectivity index (χ0) is 14.8. The highest BCUT2D eigenvalue weighted by atomic mass is 32.2. The van der Waals surface area contributed by atoms with Gasteiger partial charge < -0.3 is 5.11 Å². The first-order chi connectivity index (χ1) is 9.40. The fourth-order valence-corrected chi connectivity index (χ4v) is 2.25. The summed E-state index contributed by atoms with van der Waals surface area (Å²) in [6, 6.07) is 9.55. The molecule has 0 unspecified atom stereocenters. The van der Waals surface area contributed by atoms with E-state index in [0.717, 1.165) is 23.9 Å². The Hall–Kier alpha value is -2.20. The Morgan fingerprint density at radius 1 is 1.10 bits per heavy atom. The van der Waals surface area contributed by atoms with Crippen LogP contribution in [0, 0.1) is 11.3 Å². The highest BCUT2D eigenvalue weighted by Crippen LogP contribution is 2.34. The van der Waals surface area contributed by atoms with Gasteiger partial charge in [-0.1, -0.05) is 11.8 Å². The summed E-state index contributed by atoms with van der Waals surface area (Å²) in [5, 5.41) is 18.0. The second kappa shape index (κ2) is 5.43. The molecule has 2 aromatic rings. The van der Waals surface area contributed by atoms with Gasteiger partial charge in [0, 0.05) is 4.90 Å². The molecule has 1 aromatic carbocycles. The Kier molecular flexibility index (Phi) is 3.86. The number of nitrogens with zero attached hydrogens (tertiary/aromatic N) is 2. The van der Waals surface area contributed by atoms with Crippen LogP contribution in [0.2, 0.25) is 0 Å². The van der Waals surface area contributed by atoms with Crippen LogP contribution in [0.3, 0.4) is 0 Å². The number of aromatic hydroxyl groups is 1. The minimum absolute atomic E-state index is 0.0204. The average molecular weight is 296 g/mol. The molecule has 1 N–H and O–H groups in total. The Morgan fingerprint density at radius 2 is 1.75 bits per heavy atom. The van der Waals surface area contributed by atoms with Gasteiger partial charge in [-0.05, 0) is 36.4 Å². The molecule has 0 saturated carbocycles. The number of phenols is 1. The third-order valence-electron chi connectivity index (χ3n) is 2.32. The summed E-state index contributed by atoms with van der Waals surface area (Å²) in [4.78, 5) is 4.06. The van der Waals surface area contributed by atoms with Crippen LogP contribution < -0.4 is 0 Å². The zero-order valence-electron chi connectivity index (χ0n) is 9.85. The molecule has 102 valence electrons. The maximum atomic E-state index is 12.6. The SMILES string of the molecule is N#Cc1ccc(C(F)(F)F)nc1Sc1ccc(O)cc1. The van der Waals surface area contributed by atoms with Crippen molar-refractivity contribution in [1.29, 1.82) is 5.26 Å². The summed E-state index contributed by atoms with van der Waals surface area (Å²) in [6.07, 6.45) is -4.56.